The quantitative estimate of drug-likeness (QED) is 0.0771. The van der Waals surface area contributed by atoms with Gasteiger partial charge in [0.1, 0.15) is 43.2 Å². The van der Waals surface area contributed by atoms with Crippen LogP contribution in [-0.4, -0.2) is 165 Å². The van der Waals surface area contributed by atoms with Gasteiger partial charge in [0.15, 0.2) is 24.6 Å². The van der Waals surface area contributed by atoms with Crippen LogP contribution in [0.25, 0.3) is 0 Å². The minimum absolute atomic E-state index is 0.0534. The van der Waals surface area contributed by atoms with Crippen LogP contribution in [0.1, 0.15) is 57.8 Å². The van der Waals surface area contributed by atoms with Gasteiger partial charge in [-0.1, -0.05) is 6.08 Å². The van der Waals surface area contributed by atoms with Crippen LogP contribution in [0.4, 0.5) is 0 Å². The number of carbonyl (C=O) groups excluding carboxylic acids is 1. The average Bonchev–Trinajstić information content (AvgIpc) is 3.11. The minimum atomic E-state index is -1.73. The maximum atomic E-state index is 12.6. The predicted octanol–water partition coefficient (Wildman–Crippen LogP) is -1.46. The number of methoxy groups -OCH3 is 2. The maximum absolute atomic E-state index is 12.6. The second-order valence-electron chi connectivity index (χ2n) is 15.3. The van der Waals surface area contributed by atoms with Gasteiger partial charge in [0, 0.05) is 45.0 Å². The molecule has 3 aliphatic heterocycles. The molecular weight excluding hydrogens is 676 g/mol. The monoisotopic (exact) mass is 731 g/mol. The van der Waals surface area contributed by atoms with E-state index in [9.17, 15) is 45.3 Å². The van der Waals surface area contributed by atoms with Gasteiger partial charge in [0.05, 0.1) is 36.4 Å². The molecule has 3 saturated carbocycles. The molecule has 15 unspecified atom stereocenters. The smallest absolute Gasteiger partial charge is 0.332 e. The average molecular weight is 732 g/mol. The van der Waals surface area contributed by atoms with Gasteiger partial charge in [-0.25, -0.2) is 9.59 Å². The molecule has 51 heavy (non-hydrogen) atoms. The first kappa shape index (κ1) is 38.9. The van der Waals surface area contributed by atoms with Gasteiger partial charge < -0.3 is 68.9 Å². The van der Waals surface area contributed by atoms with Crippen molar-refractivity contribution in [1.82, 2.24) is 0 Å². The summed E-state index contributed by atoms with van der Waals surface area (Å²) in [6.45, 7) is -0.454. The Balaban J connectivity index is 1.23. The van der Waals surface area contributed by atoms with Gasteiger partial charge in [-0.3, -0.25) is 0 Å². The van der Waals surface area contributed by atoms with Gasteiger partial charge in [-0.2, -0.15) is 0 Å². The van der Waals surface area contributed by atoms with Gasteiger partial charge in [-0.15, -0.1) is 0 Å². The fourth-order valence-electron chi connectivity index (χ4n) is 9.39. The summed E-state index contributed by atoms with van der Waals surface area (Å²) in [5, 5.41) is 74.3. The number of rotatable bonds is 10. The van der Waals surface area contributed by atoms with Crippen LogP contribution >= 0.6 is 0 Å². The van der Waals surface area contributed by atoms with Crippen LogP contribution in [0.2, 0.25) is 0 Å². The fourth-order valence-corrected chi connectivity index (χ4v) is 9.39. The molecule has 3 heterocycles. The lowest BCUT2D eigenvalue weighted by Crippen LogP contribution is -2.68. The number of esters is 1. The highest BCUT2D eigenvalue weighted by atomic mass is 16.7. The van der Waals surface area contributed by atoms with Crippen molar-refractivity contribution in [3.05, 3.63) is 12.2 Å². The van der Waals surface area contributed by atoms with Gasteiger partial charge in [0.25, 0.3) is 0 Å². The summed E-state index contributed by atoms with van der Waals surface area (Å²) in [5.74, 6) is -2.81. The molecule has 0 spiro atoms. The highest BCUT2D eigenvalue weighted by Crippen LogP contribution is 2.50. The summed E-state index contributed by atoms with van der Waals surface area (Å²) in [5.41, 5.74) is 0. The minimum Gasteiger partial charge on any atom is -0.479 e. The highest BCUT2D eigenvalue weighted by molar-refractivity contribution is 5.81. The Labute approximate surface area is 296 Å². The van der Waals surface area contributed by atoms with Gasteiger partial charge >= 0.3 is 11.9 Å². The van der Waals surface area contributed by atoms with Crippen molar-refractivity contribution in [3.63, 3.8) is 0 Å². The second-order valence-corrected chi connectivity index (χ2v) is 15.3. The number of ether oxygens (including phenoxy) is 7. The summed E-state index contributed by atoms with van der Waals surface area (Å²) in [7, 11) is 2.98. The van der Waals surface area contributed by atoms with E-state index in [0.717, 1.165) is 12.8 Å². The third kappa shape index (κ3) is 8.47. The third-order valence-electron chi connectivity index (χ3n) is 12.1. The van der Waals surface area contributed by atoms with Crippen LogP contribution in [-0.2, 0) is 38.0 Å². The summed E-state index contributed by atoms with van der Waals surface area (Å²) >= 11 is 0. The van der Waals surface area contributed by atoms with E-state index in [2.05, 4.69) is 0 Å². The van der Waals surface area contributed by atoms with Crippen LogP contribution in [0.3, 0.4) is 0 Å². The van der Waals surface area contributed by atoms with Crippen LogP contribution in [0, 0.1) is 23.7 Å². The molecule has 16 heteroatoms. The number of carboxylic acid groups (broad SMARTS) is 1. The zero-order valence-electron chi connectivity index (χ0n) is 29.0. The lowest BCUT2D eigenvalue weighted by atomic mass is 9.64. The molecular formula is C35H55O16+. The summed E-state index contributed by atoms with van der Waals surface area (Å²) < 4.78 is 40.4. The number of aliphatic hydroxyl groups is 8. The lowest BCUT2D eigenvalue weighted by molar-refractivity contribution is -0.380. The molecule has 0 radical (unpaired) electrons. The third-order valence-corrected chi connectivity index (χ3v) is 12.1. The normalized spacial score (nSPS) is 48.9. The second kappa shape index (κ2) is 16.7. The number of aliphatic carboxylic acids is 1. The maximum Gasteiger partial charge on any atom is 0.332 e. The van der Waals surface area contributed by atoms with Crippen molar-refractivity contribution in [3.8, 4) is 0 Å². The van der Waals surface area contributed by atoms with E-state index in [1.165, 1.54) is 20.3 Å². The zero-order chi connectivity index (χ0) is 36.6. The molecule has 3 aliphatic carbocycles. The topological polar surface area (TPSA) is 244 Å². The predicted molar refractivity (Wildman–Crippen MR) is 173 cm³/mol. The van der Waals surface area contributed by atoms with E-state index < -0.39 is 104 Å². The molecule has 290 valence electrons. The number of hydrogen-bond acceptors (Lipinski definition) is 14. The van der Waals surface area contributed by atoms with E-state index >= 15 is 0 Å². The molecule has 15 atom stereocenters. The van der Waals surface area contributed by atoms with E-state index in [1.54, 1.807) is 6.08 Å². The van der Waals surface area contributed by atoms with Crippen LogP contribution < -0.4 is 0 Å². The molecule has 8 N–H and O–H groups in total. The Morgan fingerprint density at radius 1 is 0.804 bits per heavy atom. The van der Waals surface area contributed by atoms with E-state index in [-0.39, 0.29) is 42.8 Å². The Morgan fingerprint density at radius 3 is 2.14 bits per heavy atom. The largest absolute Gasteiger partial charge is 0.479 e. The Bertz CT molecular complexity index is 1200. The molecule has 6 fully saturated rings. The molecule has 16 nitrogen and oxygen atoms in total. The van der Waals surface area contributed by atoms with Gasteiger partial charge in [-0.05, 0) is 50.9 Å². The summed E-state index contributed by atoms with van der Waals surface area (Å²) in [6.07, 6.45) is -7.63. The summed E-state index contributed by atoms with van der Waals surface area (Å²) in [4.78, 5) is 24.9. The molecule has 0 aromatic carbocycles. The number of hydrogen-bond donors (Lipinski definition) is 7. The molecule has 0 bridgehead atoms. The van der Waals surface area contributed by atoms with Crippen molar-refractivity contribution < 1.29 is 78.5 Å². The fraction of sp³-hybridized carbons (Fsp3) is 0.886. The molecule has 0 amide bonds. The number of carboxylic acids is 1. The van der Waals surface area contributed by atoms with E-state index in [1.807, 2.05) is 0 Å². The van der Waals surface area contributed by atoms with Crippen LogP contribution in [0.15, 0.2) is 12.2 Å². The van der Waals surface area contributed by atoms with Crippen molar-refractivity contribution in [1.29, 1.82) is 0 Å². The van der Waals surface area contributed by atoms with Crippen molar-refractivity contribution in [2.24, 2.45) is 23.7 Å². The highest BCUT2D eigenvalue weighted by Gasteiger charge is 2.63. The molecule has 0 aromatic rings. The van der Waals surface area contributed by atoms with Crippen molar-refractivity contribution in [2.75, 3.05) is 20.8 Å². The molecule has 6 rings (SSSR count). The first-order chi connectivity index (χ1) is 24.4. The zero-order valence-corrected chi connectivity index (χ0v) is 29.0. The number of aliphatic hydroxyl groups excluding tert-OH is 6. The standard InChI is InChI=1S/C35H54O16/c1-45-22-9-16(10-23(46-2)28(22)39)32-33(19-13-24(34(43)44)48-20-11-18(37)12-21(49-32)27(19)20)51-35-31(42)30(41)29(40)25(50-35)14-47-26(38)8-5-15-3-6-17(36)7-4-15/h5,8,15-25,27-33,35-37,39-42H,3-4,6-7,9-14H2,1-2H3,(H,43,44)/p+1. The molecule has 6 aliphatic rings. The van der Waals surface area contributed by atoms with E-state index in [0.29, 0.717) is 32.1 Å². The SMILES string of the molecule is COC1CC(C2[OH+]C3CC(O)CC4OC(C(=O)O)CC(C2OC2OC(COC(=O)C=CC5CCC(O)CC5)C(O)C(O)C2O)C43)CC(OC)C1O. The molecule has 3 saturated heterocycles. The first-order valence-corrected chi connectivity index (χ1v) is 18.3. The first-order valence-electron chi connectivity index (χ1n) is 18.3. The van der Waals surface area contributed by atoms with Crippen molar-refractivity contribution >= 4 is 11.9 Å². The lowest BCUT2D eigenvalue weighted by Gasteiger charge is -2.55. The molecule has 0 aromatic heterocycles. The number of carbonyl (C=O) groups is 2. The van der Waals surface area contributed by atoms with Crippen molar-refractivity contribution in [2.45, 2.75) is 150 Å². The van der Waals surface area contributed by atoms with Crippen LogP contribution in [0.5, 0.6) is 0 Å². The number of allylic oxidation sites excluding steroid dienone is 1. The summed E-state index contributed by atoms with van der Waals surface area (Å²) in [6, 6.07) is 0. The van der Waals surface area contributed by atoms with Gasteiger partial charge in [0.2, 0.25) is 0 Å². The Kier molecular flexibility index (Phi) is 12.7. The Morgan fingerprint density at radius 2 is 1.49 bits per heavy atom. The van der Waals surface area contributed by atoms with E-state index in [4.69, 9.17) is 33.2 Å². The Hall–Kier alpha value is -1.80.